The lowest BCUT2D eigenvalue weighted by Crippen LogP contribution is -2.28. The van der Waals surface area contributed by atoms with Crippen molar-refractivity contribution in [2.45, 2.75) is 44.3 Å². The fourth-order valence-electron chi connectivity index (χ4n) is 2.40. The number of rotatable bonds is 0. The van der Waals surface area contributed by atoms with E-state index < -0.39 is 0 Å². The molecule has 2 nitrogen and oxygen atoms in total. The van der Waals surface area contributed by atoms with Crippen molar-refractivity contribution in [2.24, 2.45) is 5.92 Å². The third kappa shape index (κ3) is 0.810. The highest BCUT2D eigenvalue weighted by Crippen LogP contribution is 2.53. The summed E-state index contributed by atoms with van der Waals surface area (Å²) in [5.74, 6) is 0.126. The molecule has 2 aliphatic rings. The smallest absolute Gasteiger partial charge is 0.0821 e. The van der Waals surface area contributed by atoms with Gasteiger partial charge >= 0.3 is 0 Å². The van der Waals surface area contributed by atoms with Gasteiger partial charge in [-0.25, -0.2) is 0 Å². The molecule has 2 saturated heterocycles. The molecule has 0 aromatic carbocycles. The molecule has 2 heteroatoms. The van der Waals surface area contributed by atoms with Crippen molar-refractivity contribution < 1.29 is 4.74 Å². The normalized spacial score (nSPS) is 54.5. The van der Waals surface area contributed by atoms with Gasteiger partial charge in [0, 0.05) is 0 Å². The first-order valence-electron chi connectivity index (χ1n) is 4.18. The van der Waals surface area contributed by atoms with Crippen LogP contribution in [0.25, 0.3) is 0 Å². The summed E-state index contributed by atoms with van der Waals surface area (Å²) in [7, 11) is 0. The number of nitriles is 1. The van der Waals surface area contributed by atoms with Crippen molar-refractivity contribution in [1.29, 1.82) is 5.26 Å². The summed E-state index contributed by atoms with van der Waals surface area (Å²) in [5, 5.41) is 8.84. The lowest BCUT2D eigenvalue weighted by molar-refractivity contribution is -0.0325. The molecule has 0 spiro atoms. The number of fused-ring (bicyclic) bond motifs is 2. The zero-order valence-corrected chi connectivity index (χ0v) is 7.05. The summed E-state index contributed by atoms with van der Waals surface area (Å²) in [6, 6.07) is 2.34. The number of nitrogens with zero attached hydrogens (tertiary/aromatic N) is 1. The van der Waals surface area contributed by atoms with Crippen LogP contribution < -0.4 is 0 Å². The van der Waals surface area contributed by atoms with Crippen LogP contribution in [0.2, 0.25) is 0 Å². The van der Waals surface area contributed by atoms with Gasteiger partial charge in [0.1, 0.15) is 0 Å². The van der Waals surface area contributed by atoms with E-state index in [1.807, 2.05) is 0 Å². The first-order valence-corrected chi connectivity index (χ1v) is 4.18. The van der Waals surface area contributed by atoms with Gasteiger partial charge in [0.05, 0.1) is 23.2 Å². The van der Waals surface area contributed by atoms with E-state index in [0.29, 0.717) is 0 Å². The zero-order chi connectivity index (χ0) is 8.11. The maximum atomic E-state index is 8.84. The van der Waals surface area contributed by atoms with E-state index in [1.165, 1.54) is 0 Å². The van der Waals surface area contributed by atoms with Crippen LogP contribution in [-0.2, 0) is 4.74 Å². The Bertz CT molecular complexity index is 232. The van der Waals surface area contributed by atoms with Crippen molar-refractivity contribution in [1.82, 2.24) is 0 Å². The molecule has 11 heavy (non-hydrogen) atoms. The second-order valence-corrected chi connectivity index (χ2v) is 4.25. The molecule has 0 amide bonds. The van der Waals surface area contributed by atoms with Crippen LogP contribution >= 0.6 is 0 Å². The van der Waals surface area contributed by atoms with Gasteiger partial charge in [0.15, 0.2) is 0 Å². The predicted molar refractivity (Wildman–Crippen MR) is 40.8 cm³/mol. The molecular weight excluding hydrogens is 138 g/mol. The van der Waals surface area contributed by atoms with Crippen LogP contribution in [0.4, 0.5) is 0 Å². The third-order valence-corrected chi connectivity index (χ3v) is 3.16. The molecule has 2 bridgehead atoms. The SMILES string of the molecule is CC12CCC(C)(O1)C(C#N)C2. The monoisotopic (exact) mass is 151 g/mol. The van der Waals surface area contributed by atoms with Crippen molar-refractivity contribution in [2.75, 3.05) is 0 Å². The molecule has 0 aliphatic carbocycles. The molecule has 0 saturated carbocycles. The lowest BCUT2D eigenvalue weighted by atomic mass is 9.76. The van der Waals surface area contributed by atoms with E-state index in [2.05, 4.69) is 19.9 Å². The molecule has 2 aliphatic heterocycles. The Morgan fingerprint density at radius 3 is 2.45 bits per heavy atom. The second-order valence-electron chi connectivity index (χ2n) is 4.25. The maximum absolute atomic E-state index is 8.84. The van der Waals surface area contributed by atoms with Gasteiger partial charge in [0.2, 0.25) is 0 Å². The van der Waals surface area contributed by atoms with Crippen molar-refractivity contribution in [3.05, 3.63) is 0 Å². The Labute approximate surface area is 67.2 Å². The van der Waals surface area contributed by atoms with Crippen LogP contribution in [0.1, 0.15) is 33.1 Å². The lowest BCUT2D eigenvalue weighted by Gasteiger charge is -2.22. The molecule has 0 radical (unpaired) electrons. The highest BCUT2D eigenvalue weighted by atomic mass is 16.5. The summed E-state index contributed by atoms with van der Waals surface area (Å²) in [6.45, 7) is 4.19. The minimum Gasteiger partial charge on any atom is -0.368 e. The van der Waals surface area contributed by atoms with E-state index in [0.717, 1.165) is 19.3 Å². The average Bonchev–Trinajstić information content (AvgIpc) is 2.36. The van der Waals surface area contributed by atoms with Crippen LogP contribution in [0, 0.1) is 17.2 Å². The van der Waals surface area contributed by atoms with Gasteiger partial charge in [-0.15, -0.1) is 0 Å². The van der Waals surface area contributed by atoms with E-state index in [-0.39, 0.29) is 17.1 Å². The minimum atomic E-state index is -0.122. The number of ether oxygens (including phenoxy) is 1. The fraction of sp³-hybridized carbons (Fsp3) is 0.889. The number of hydrogen-bond donors (Lipinski definition) is 0. The van der Waals surface area contributed by atoms with Crippen LogP contribution in [0.15, 0.2) is 0 Å². The van der Waals surface area contributed by atoms with E-state index in [9.17, 15) is 0 Å². The van der Waals surface area contributed by atoms with Gasteiger partial charge in [-0.3, -0.25) is 0 Å². The maximum Gasteiger partial charge on any atom is 0.0821 e. The van der Waals surface area contributed by atoms with Crippen LogP contribution in [-0.4, -0.2) is 11.2 Å². The molecule has 60 valence electrons. The van der Waals surface area contributed by atoms with E-state index in [1.54, 1.807) is 0 Å². The molecule has 0 aromatic heterocycles. The van der Waals surface area contributed by atoms with Crippen molar-refractivity contribution in [3.63, 3.8) is 0 Å². The Balaban J connectivity index is 2.30. The summed E-state index contributed by atoms with van der Waals surface area (Å²) >= 11 is 0. The van der Waals surface area contributed by atoms with Gasteiger partial charge in [-0.05, 0) is 33.1 Å². The van der Waals surface area contributed by atoms with Crippen molar-refractivity contribution in [3.8, 4) is 6.07 Å². The number of hydrogen-bond acceptors (Lipinski definition) is 2. The molecule has 0 aromatic rings. The topological polar surface area (TPSA) is 33.0 Å². The molecule has 0 N–H and O–H groups in total. The zero-order valence-electron chi connectivity index (χ0n) is 7.05. The Morgan fingerprint density at radius 2 is 2.18 bits per heavy atom. The second kappa shape index (κ2) is 1.78. The fourth-order valence-corrected chi connectivity index (χ4v) is 2.40. The van der Waals surface area contributed by atoms with Gasteiger partial charge in [-0.2, -0.15) is 5.26 Å². The molecule has 3 unspecified atom stereocenters. The minimum absolute atomic E-state index is 0.0230. The molecule has 2 fully saturated rings. The third-order valence-electron chi connectivity index (χ3n) is 3.16. The Hall–Kier alpha value is -0.550. The highest BCUT2D eigenvalue weighted by Gasteiger charge is 2.56. The highest BCUT2D eigenvalue weighted by molar-refractivity contribution is 5.12. The summed E-state index contributed by atoms with van der Waals surface area (Å²) in [6.07, 6.45) is 3.11. The first-order chi connectivity index (χ1) is 5.08. The van der Waals surface area contributed by atoms with Crippen LogP contribution in [0.5, 0.6) is 0 Å². The summed E-state index contributed by atoms with van der Waals surface area (Å²) in [5.41, 5.74) is -0.0986. The van der Waals surface area contributed by atoms with E-state index in [4.69, 9.17) is 10.00 Å². The van der Waals surface area contributed by atoms with Gasteiger partial charge in [-0.1, -0.05) is 0 Å². The largest absolute Gasteiger partial charge is 0.368 e. The summed E-state index contributed by atoms with van der Waals surface area (Å²) < 4.78 is 5.83. The van der Waals surface area contributed by atoms with Gasteiger partial charge in [0.25, 0.3) is 0 Å². The molecule has 2 heterocycles. The standard InChI is InChI=1S/C9H13NO/c1-8-3-4-9(2,11-8)7(5-8)6-10/h7H,3-5H2,1-2H3. The Kier molecular flexibility index (Phi) is 1.15. The Morgan fingerprint density at radius 1 is 1.45 bits per heavy atom. The van der Waals surface area contributed by atoms with Crippen LogP contribution in [0.3, 0.4) is 0 Å². The molecule has 2 rings (SSSR count). The quantitative estimate of drug-likeness (QED) is 0.529. The van der Waals surface area contributed by atoms with Crippen molar-refractivity contribution >= 4 is 0 Å². The van der Waals surface area contributed by atoms with Gasteiger partial charge < -0.3 is 4.74 Å². The predicted octanol–water partition coefficient (Wildman–Crippen LogP) is 1.86. The molecular formula is C9H13NO. The van der Waals surface area contributed by atoms with E-state index >= 15 is 0 Å². The first kappa shape index (κ1) is 7.12. The average molecular weight is 151 g/mol. The summed E-state index contributed by atoms with van der Waals surface area (Å²) in [4.78, 5) is 0. The molecule has 3 atom stereocenters.